The Morgan fingerprint density at radius 3 is 2.23 bits per heavy atom. The van der Waals surface area contributed by atoms with Gasteiger partial charge in [-0.25, -0.2) is 0 Å². The Balaban J connectivity index is 2.12. The molecule has 0 spiro atoms. The first-order valence-corrected chi connectivity index (χ1v) is 6.56. The van der Waals surface area contributed by atoms with Crippen LogP contribution < -0.4 is 5.73 Å². The van der Waals surface area contributed by atoms with Gasteiger partial charge in [0.1, 0.15) is 0 Å². The van der Waals surface area contributed by atoms with Gasteiger partial charge < -0.3 is 5.73 Å². The Hall–Kier alpha value is 0.310. The van der Waals surface area contributed by atoms with Crippen molar-refractivity contribution in [1.29, 1.82) is 0 Å². The standard InChI is InChI=1S/C11H21NS/c1-11(2)3-8-6-13-7-9(4-11)10(8)5-12/h8-10H,3-7,12H2,1-2H3. The van der Waals surface area contributed by atoms with E-state index in [1.807, 2.05) is 0 Å². The summed E-state index contributed by atoms with van der Waals surface area (Å²) in [4.78, 5) is 0. The summed E-state index contributed by atoms with van der Waals surface area (Å²) in [7, 11) is 0. The van der Waals surface area contributed by atoms with Crippen LogP contribution in [0.3, 0.4) is 0 Å². The third-order valence-corrected chi connectivity index (χ3v) is 5.10. The van der Waals surface area contributed by atoms with Gasteiger partial charge in [-0.3, -0.25) is 0 Å². The number of hydrogen-bond donors (Lipinski definition) is 1. The molecule has 0 aromatic heterocycles. The van der Waals surface area contributed by atoms with Crippen molar-refractivity contribution in [3.05, 3.63) is 0 Å². The zero-order valence-electron chi connectivity index (χ0n) is 8.75. The van der Waals surface area contributed by atoms with Crippen molar-refractivity contribution in [1.82, 2.24) is 0 Å². The molecule has 2 bridgehead atoms. The zero-order valence-corrected chi connectivity index (χ0v) is 9.57. The molecule has 0 aromatic carbocycles. The third-order valence-electron chi connectivity index (χ3n) is 3.78. The van der Waals surface area contributed by atoms with Gasteiger partial charge in [0.2, 0.25) is 0 Å². The number of nitrogens with two attached hydrogens (primary N) is 1. The van der Waals surface area contributed by atoms with Crippen LogP contribution in [0.4, 0.5) is 0 Å². The van der Waals surface area contributed by atoms with E-state index in [9.17, 15) is 0 Å². The lowest BCUT2D eigenvalue weighted by atomic mass is 9.63. The molecule has 13 heavy (non-hydrogen) atoms. The van der Waals surface area contributed by atoms with Crippen molar-refractivity contribution in [2.75, 3.05) is 18.1 Å². The molecule has 1 aliphatic carbocycles. The van der Waals surface area contributed by atoms with Crippen LogP contribution in [0.15, 0.2) is 0 Å². The number of rotatable bonds is 1. The highest BCUT2D eigenvalue weighted by Crippen LogP contribution is 2.49. The Morgan fingerprint density at radius 1 is 1.23 bits per heavy atom. The molecule has 2 heteroatoms. The van der Waals surface area contributed by atoms with Crippen molar-refractivity contribution >= 4 is 11.8 Å². The summed E-state index contributed by atoms with van der Waals surface area (Å²) >= 11 is 2.15. The van der Waals surface area contributed by atoms with Crippen LogP contribution in [0.1, 0.15) is 26.7 Å². The monoisotopic (exact) mass is 199 g/mol. The summed E-state index contributed by atoms with van der Waals surface area (Å²) in [6, 6.07) is 0. The predicted octanol–water partition coefficient (Wildman–Crippen LogP) is 2.36. The van der Waals surface area contributed by atoms with Crippen molar-refractivity contribution in [3.8, 4) is 0 Å². The summed E-state index contributed by atoms with van der Waals surface area (Å²) in [5.41, 5.74) is 6.46. The lowest BCUT2D eigenvalue weighted by Gasteiger charge is -2.48. The van der Waals surface area contributed by atoms with E-state index in [1.165, 1.54) is 24.3 Å². The molecule has 0 aromatic rings. The van der Waals surface area contributed by atoms with E-state index in [4.69, 9.17) is 5.73 Å². The van der Waals surface area contributed by atoms with Crippen molar-refractivity contribution in [2.24, 2.45) is 28.9 Å². The fraction of sp³-hybridized carbons (Fsp3) is 1.00. The van der Waals surface area contributed by atoms with Gasteiger partial charge in [0.05, 0.1) is 0 Å². The maximum atomic E-state index is 5.87. The lowest BCUT2D eigenvalue weighted by Crippen LogP contribution is -2.45. The topological polar surface area (TPSA) is 26.0 Å². The van der Waals surface area contributed by atoms with E-state index in [0.717, 1.165) is 24.3 Å². The van der Waals surface area contributed by atoms with Crippen LogP contribution in [-0.4, -0.2) is 18.1 Å². The summed E-state index contributed by atoms with van der Waals surface area (Å²) in [6.07, 6.45) is 2.80. The first-order valence-electron chi connectivity index (χ1n) is 5.40. The van der Waals surface area contributed by atoms with Gasteiger partial charge in [0.15, 0.2) is 0 Å². The molecule has 1 heterocycles. The minimum Gasteiger partial charge on any atom is -0.330 e. The molecule has 1 saturated heterocycles. The van der Waals surface area contributed by atoms with E-state index in [0.29, 0.717) is 5.41 Å². The second-order valence-electron chi connectivity index (χ2n) is 5.53. The van der Waals surface area contributed by atoms with Crippen LogP contribution in [0.5, 0.6) is 0 Å². The van der Waals surface area contributed by atoms with E-state index < -0.39 is 0 Å². The van der Waals surface area contributed by atoms with Gasteiger partial charge in [-0.15, -0.1) is 0 Å². The van der Waals surface area contributed by atoms with E-state index in [2.05, 4.69) is 25.6 Å². The van der Waals surface area contributed by atoms with Crippen molar-refractivity contribution in [2.45, 2.75) is 26.7 Å². The predicted molar refractivity (Wildman–Crippen MR) is 59.9 cm³/mol. The van der Waals surface area contributed by atoms with Crippen LogP contribution in [0.2, 0.25) is 0 Å². The molecule has 2 rings (SSSR count). The second-order valence-corrected chi connectivity index (χ2v) is 6.60. The third kappa shape index (κ3) is 1.89. The average Bonchev–Trinajstić information content (AvgIpc) is 2.01. The largest absolute Gasteiger partial charge is 0.330 e. The van der Waals surface area contributed by atoms with Crippen LogP contribution in [0, 0.1) is 23.2 Å². The molecule has 0 amide bonds. The van der Waals surface area contributed by atoms with Gasteiger partial charge in [-0.1, -0.05) is 13.8 Å². The van der Waals surface area contributed by atoms with E-state index in [-0.39, 0.29) is 0 Å². The highest BCUT2D eigenvalue weighted by Gasteiger charge is 2.42. The minimum atomic E-state index is 0.585. The lowest BCUT2D eigenvalue weighted by molar-refractivity contribution is 0.0782. The number of hydrogen-bond acceptors (Lipinski definition) is 2. The zero-order chi connectivity index (χ0) is 9.47. The molecule has 2 fully saturated rings. The van der Waals surface area contributed by atoms with Crippen molar-refractivity contribution in [3.63, 3.8) is 0 Å². The molecular weight excluding hydrogens is 178 g/mol. The first kappa shape index (κ1) is 9.85. The summed E-state index contributed by atoms with van der Waals surface area (Å²) in [5.74, 6) is 5.40. The fourth-order valence-electron chi connectivity index (χ4n) is 3.31. The molecule has 2 N–H and O–H groups in total. The summed E-state index contributed by atoms with van der Waals surface area (Å²) in [6.45, 7) is 5.78. The van der Waals surface area contributed by atoms with Crippen LogP contribution in [0.25, 0.3) is 0 Å². The van der Waals surface area contributed by atoms with Crippen LogP contribution in [-0.2, 0) is 0 Å². The quantitative estimate of drug-likeness (QED) is 0.701. The molecular formula is C11H21NS. The molecule has 76 valence electrons. The first-order chi connectivity index (χ1) is 6.12. The highest BCUT2D eigenvalue weighted by atomic mass is 32.2. The normalized spacial score (nSPS) is 43.2. The smallest absolute Gasteiger partial charge is 0.00356 e. The van der Waals surface area contributed by atoms with Crippen LogP contribution >= 0.6 is 11.8 Å². The molecule has 1 saturated carbocycles. The summed E-state index contributed by atoms with van der Waals surface area (Å²) < 4.78 is 0. The van der Waals surface area contributed by atoms with Gasteiger partial charge in [0, 0.05) is 0 Å². The van der Waals surface area contributed by atoms with Gasteiger partial charge >= 0.3 is 0 Å². The second kappa shape index (κ2) is 3.47. The maximum absolute atomic E-state index is 5.87. The Morgan fingerprint density at radius 2 is 1.77 bits per heavy atom. The Kier molecular flexibility index (Phi) is 2.63. The Bertz CT molecular complexity index is 175. The van der Waals surface area contributed by atoms with Gasteiger partial charge in [-0.05, 0) is 54.1 Å². The number of fused-ring (bicyclic) bond motifs is 2. The number of thioether (sulfide) groups is 1. The SMILES string of the molecule is CC1(C)CC2CSCC(C1)C2CN. The molecule has 2 aliphatic rings. The van der Waals surface area contributed by atoms with E-state index in [1.54, 1.807) is 0 Å². The molecule has 2 atom stereocenters. The fourth-order valence-corrected chi connectivity index (χ4v) is 4.78. The minimum absolute atomic E-state index is 0.585. The Labute approximate surface area is 85.8 Å². The highest BCUT2D eigenvalue weighted by molar-refractivity contribution is 7.99. The molecule has 0 radical (unpaired) electrons. The average molecular weight is 199 g/mol. The van der Waals surface area contributed by atoms with Gasteiger partial charge in [0.25, 0.3) is 0 Å². The van der Waals surface area contributed by atoms with Crippen molar-refractivity contribution < 1.29 is 0 Å². The summed E-state index contributed by atoms with van der Waals surface area (Å²) in [5, 5.41) is 0. The molecule has 2 unspecified atom stereocenters. The maximum Gasteiger partial charge on any atom is -0.00356 e. The van der Waals surface area contributed by atoms with Gasteiger partial charge in [-0.2, -0.15) is 11.8 Å². The molecule has 1 nitrogen and oxygen atoms in total. The molecule has 1 aliphatic heterocycles. The van der Waals surface area contributed by atoms with E-state index >= 15 is 0 Å².